The standard InChI is InChI=1S/C22H26N2/c1-14-18(17-10-12-22(14,4)21(17,2)3)20(23-5)19-16-9-7-6-8-15(16)11-13-24-19/h6-9,11,13,17,23H,1,10,12H2,2-5H3/b20-18+. The summed E-state index contributed by atoms with van der Waals surface area (Å²) >= 11 is 0. The Morgan fingerprint density at radius 2 is 1.96 bits per heavy atom. The van der Waals surface area contributed by atoms with Crippen molar-refractivity contribution >= 4 is 16.5 Å². The largest absolute Gasteiger partial charge is 0.386 e. The van der Waals surface area contributed by atoms with Gasteiger partial charge in [-0.1, -0.05) is 51.6 Å². The monoisotopic (exact) mass is 318 g/mol. The Bertz CT molecular complexity index is 869. The Balaban J connectivity index is 2.00. The molecule has 2 saturated carbocycles. The number of pyridine rings is 1. The smallest absolute Gasteiger partial charge is 0.0942 e. The lowest BCUT2D eigenvalue weighted by Gasteiger charge is -2.34. The Hall–Kier alpha value is -2.09. The predicted molar refractivity (Wildman–Crippen MR) is 101 cm³/mol. The molecule has 2 fully saturated rings. The summed E-state index contributed by atoms with van der Waals surface area (Å²) in [4.78, 5) is 4.75. The number of benzene rings is 1. The van der Waals surface area contributed by atoms with Gasteiger partial charge in [-0.15, -0.1) is 0 Å². The summed E-state index contributed by atoms with van der Waals surface area (Å²) in [6.07, 6.45) is 4.40. The maximum Gasteiger partial charge on any atom is 0.0942 e. The molecule has 1 aromatic heterocycles. The maximum atomic E-state index is 4.75. The molecule has 2 aliphatic carbocycles. The SMILES string of the molecule is C=C1/C(=C(\NC)c2nccc3ccccc23)C2CCC1(C)C2(C)C. The molecule has 2 aliphatic rings. The van der Waals surface area contributed by atoms with Gasteiger partial charge in [-0.05, 0) is 52.2 Å². The number of rotatable bonds is 2. The highest BCUT2D eigenvalue weighted by molar-refractivity contribution is 5.93. The molecule has 124 valence electrons. The molecule has 2 aromatic rings. The van der Waals surface area contributed by atoms with Gasteiger partial charge in [0.15, 0.2) is 0 Å². The van der Waals surface area contributed by atoms with Gasteiger partial charge in [-0.25, -0.2) is 0 Å². The van der Waals surface area contributed by atoms with Crippen LogP contribution in [0.4, 0.5) is 0 Å². The molecule has 2 atom stereocenters. The predicted octanol–water partition coefficient (Wildman–Crippen LogP) is 5.18. The summed E-state index contributed by atoms with van der Waals surface area (Å²) in [6.45, 7) is 11.7. The second kappa shape index (κ2) is 4.95. The minimum absolute atomic E-state index is 0.194. The topological polar surface area (TPSA) is 24.9 Å². The zero-order chi connectivity index (χ0) is 17.1. The molecule has 0 spiro atoms. The van der Waals surface area contributed by atoms with Crippen LogP contribution < -0.4 is 5.32 Å². The van der Waals surface area contributed by atoms with Crippen LogP contribution in [0.25, 0.3) is 16.5 Å². The van der Waals surface area contributed by atoms with Crippen molar-refractivity contribution in [1.82, 2.24) is 10.3 Å². The molecule has 1 N–H and O–H groups in total. The zero-order valence-electron chi connectivity index (χ0n) is 15.1. The lowest BCUT2D eigenvalue weighted by atomic mass is 9.69. The van der Waals surface area contributed by atoms with Crippen LogP contribution in [0.3, 0.4) is 0 Å². The van der Waals surface area contributed by atoms with Gasteiger partial charge in [0, 0.05) is 18.6 Å². The van der Waals surface area contributed by atoms with Crippen LogP contribution in [0.2, 0.25) is 0 Å². The molecular weight excluding hydrogens is 292 g/mol. The van der Waals surface area contributed by atoms with Gasteiger partial charge < -0.3 is 5.32 Å². The molecule has 2 unspecified atom stereocenters. The van der Waals surface area contributed by atoms with E-state index in [1.54, 1.807) is 0 Å². The summed E-state index contributed by atoms with van der Waals surface area (Å²) in [5.74, 6) is 0.554. The second-order valence-electron chi connectivity index (χ2n) is 8.04. The van der Waals surface area contributed by atoms with Crippen LogP contribution in [0.15, 0.2) is 54.3 Å². The Morgan fingerprint density at radius 1 is 1.21 bits per heavy atom. The average molecular weight is 318 g/mol. The maximum absolute atomic E-state index is 4.75. The first-order valence-corrected chi connectivity index (χ1v) is 8.87. The fourth-order valence-corrected chi connectivity index (χ4v) is 5.08. The van der Waals surface area contributed by atoms with Crippen LogP contribution in [0.1, 0.15) is 39.3 Å². The minimum atomic E-state index is 0.194. The molecular formula is C22H26N2. The van der Waals surface area contributed by atoms with E-state index in [-0.39, 0.29) is 10.8 Å². The van der Waals surface area contributed by atoms with E-state index in [0.717, 1.165) is 5.69 Å². The highest BCUT2D eigenvalue weighted by atomic mass is 14.9. The van der Waals surface area contributed by atoms with Gasteiger partial charge in [0.25, 0.3) is 0 Å². The van der Waals surface area contributed by atoms with Crippen molar-refractivity contribution in [3.8, 4) is 0 Å². The van der Waals surface area contributed by atoms with Gasteiger partial charge in [-0.2, -0.15) is 0 Å². The first kappa shape index (κ1) is 15.4. The van der Waals surface area contributed by atoms with Crippen molar-refractivity contribution in [3.05, 3.63) is 59.9 Å². The molecule has 2 nitrogen and oxygen atoms in total. The number of nitrogens with one attached hydrogen (secondary N) is 1. The molecule has 0 radical (unpaired) electrons. The van der Waals surface area contributed by atoms with Crippen molar-refractivity contribution in [3.63, 3.8) is 0 Å². The first-order chi connectivity index (χ1) is 11.4. The van der Waals surface area contributed by atoms with Crippen molar-refractivity contribution in [2.75, 3.05) is 7.05 Å². The number of hydrogen-bond acceptors (Lipinski definition) is 2. The summed E-state index contributed by atoms with van der Waals surface area (Å²) in [5, 5.41) is 5.91. The third-order valence-electron chi connectivity index (χ3n) is 7.00. The van der Waals surface area contributed by atoms with Gasteiger partial charge in [-0.3, -0.25) is 4.98 Å². The third-order valence-corrected chi connectivity index (χ3v) is 7.00. The Kier molecular flexibility index (Phi) is 3.19. The van der Waals surface area contributed by atoms with E-state index in [1.165, 1.54) is 40.5 Å². The average Bonchev–Trinajstić information content (AvgIpc) is 2.89. The van der Waals surface area contributed by atoms with Crippen molar-refractivity contribution < 1.29 is 0 Å². The fourth-order valence-electron chi connectivity index (χ4n) is 5.08. The first-order valence-electron chi connectivity index (χ1n) is 8.87. The molecule has 1 aromatic carbocycles. The molecule has 0 amide bonds. The summed E-state index contributed by atoms with van der Waals surface area (Å²) < 4.78 is 0. The van der Waals surface area contributed by atoms with Crippen molar-refractivity contribution in [2.45, 2.75) is 33.6 Å². The van der Waals surface area contributed by atoms with E-state index < -0.39 is 0 Å². The zero-order valence-corrected chi connectivity index (χ0v) is 15.1. The normalized spacial score (nSPS) is 30.0. The van der Waals surface area contributed by atoms with Crippen molar-refractivity contribution in [2.24, 2.45) is 16.7 Å². The van der Waals surface area contributed by atoms with E-state index in [2.05, 4.69) is 63.0 Å². The van der Waals surface area contributed by atoms with Crippen LogP contribution in [-0.2, 0) is 0 Å². The number of allylic oxidation sites excluding steroid dienone is 2. The van der Waals surface area contributed by atoms with Gasteiger partial charge >= 0.3 is 0 Å². The van der Waals surface area contributed by atoms with Gasteiger partial charge in [0.05, 0.1) is 11.4 Å². The molecule has 2 heteroatoms. The van der Waals surface area contributed by atoms with E-state index >= 15 is 0 Å². The third kappa shape index (κ3) is 1.74. The van der Waals surface area contributed by atoms with E-state index in [1.807, 2.05) is 13.2 Å². The summed E-state index contributed by atoms with van der Waals surface area (Å²) in [6, 6.07) is 10.6. The molecule has 24 heavy (non-hydrogen) atoms. The van der Waals surface area contributed by atoms with Gasteiger partial charge in [0.1, 0.15) is 0 Å². The van der Waals surface area contributed by atoms with Gasteiger partial charge in [0.2, 0.25) is 0 Å². The number of nitrogens with zero attached hydrogens (tertiary/aromatic N) is 1. The van der Waals surface area contributed by atoms with Crippen LogP contribution in [-0.4, -0.2) is 12.0 Å². The van der Waals surface area contributed by atoms with Crippen LogP contribution in [0, 0.1) is 16.7 Å². The molecule has 0 aliphatic heterocycles. The highest BCUT2D eigenvalue weighted by Gasteiger charge is 2.61. The highest BCUT2D eigenvalue weighted by Crippen LogP contribution is 2.70. The van der Waals surface area contributed by atoms with E-state index in [0.29, 0.717) is 5.92 Å². The van der Waals surface area contributed by atoms with Crippen molar-refractivity contribution in [1.29, 1.82) is 0 Å². The molecule has 2 bridgehead atoms. The lowest BCUT2D eigenvalue weighted by Crippen LogP contribution is -2.27. The number of aromatic nitrogens is 1. The quantitative estimate of drug-likeness (QED) is 0.825. The van der Waals surface area contributed by atoms with E-state index in [9.17, 15) is 0 Å². The second-order valence-corrected chi connectivity index (χ2v) is 8.04. The Labute approximate surface area is 144 Å². The molecule has 1 heterocycles. The number of hydrogen-bond donors (Lipinski definition) is 1. The van der Waals surface area contributed by atoms with Crippen LogP contribution >= 0.6 is 0 Å². The molecule has 4 rings (SSSR count). The van der Waals surface area contributed by atoms with E-state index in [4.69, 9.17) is 4.98 Å². The summed E-state index contributed by atoms with van der Waals surface area (Å²) in [7, 11) is 2.01. The fraction of sp³-hybridized carbons (Fsp3) is 0.409. The van der Waals surface area contributed by atoms with Crippen LogP contribution in [0.5, 0.6) is 0 Å². The number of fused-ring (bicyclic) bond motifs is 3. The Morgan fingerprint density at radius 3 is 2.62 bits per heavy atom. The summed E-state index contributed by atoms with van der Waals surface area (Å²) in [5.41, 5.74) is 5.38. The minimum Gasteiger partial charge on any atom is -0.386 e. The molecule has 0 saturated heterocycles. The lowest BCUT2D eigenvalue weighted by molar-refractivity contribution is 0.183.